The van der Waals surface area contributed by atoms with Gasteiger partial charge in [0.2, 0.25) is 0 Å². The number of aliphatic hydroxyl groups is 4. The molecule has 1 aliphatic heterocycles. The first-order chi connectivity index (χ1) is 5.57. The molecule has 0 aromatic carbocycles. The predicted molar refractivity (Wildman–Crippen MR) is 35.0 cm³/mol. The molecule has 0 aromatic heterocycles. The molecule has 4 N–H and O–H groups in total. The fourth-order valence-electron chi connectivity index (χ4n) is 0.964. The van der Waals surface area contributed by atoms with E-state index in [0.717, 1.165) is 0 Å². The molecule has 12 heavy (non-hydrogen) atoms. The van der Waals surface area contributed by atoms with Crippen LogP contribution in [0.3, 0.4) is 0 Å². The van der Waals surface area contributed by atoms with Gasteiger partial charge < -0.3 is 25.2 Å². The van der Waals surface area contributed by atoms with Crippen LogP contribution in [0.2, 0.25) is 0 Å². The summed E-state index contributed by atoms with van der Waals surface area (Å²) in [6.45, 7) is -0.625. The van der Waals surface area contributed by atoms with E-state index < -0.39 is 37.0 Å². The van der Waals surface area contributed by atoms with Crippen LogP contribution in [0.5, 0.6) is 0 Å². The lowest BCUT2D eigenvalue weighted by Crippen LogP contribution is -2.55. The van der Waals surface area contributed by atoms with Crippen LogP contribution in [-0.2, 0) is 9.53 Å². The molecular formula is C6H10O6. The molecule has 0 spiro atoms. The second-order valence-corrected chi connectivity index (χ2v) is 2.54. The Bertz CT molecular complexity index is 177. The van der Waals surface area contributed by atoms with Gasteiger partial charge in [-0.2, -0.15) is 0 Å². The van der Waals surface area contributed by atoms with Gasteiger partial charge in [0, 0.05) is 0 Å². The summed E-state index contributed by atoms with van der Waals surface area (Å²) in [6, 6.07) is 0. The molecule has 1 heterocycles. The number of hydrogen-bond donors (Lipinski definition) is 4. The van der Waals surface area contributed by atoms with Crippen molar-refractivity contribution in [1.82, 2.24) is 0 Å². The van der Waals surface area contributed by atoms with Crippen molar-refractivity contribution in [2.75, 3.05) is 6.61 Å². The Hall–Kier alpha value is -0.530. The molecule has 0 bridgehead atoms. The molecule has 0 amide bonds. The maximum absolute atomic E-state index is 10.9. The first-order valence-electron chi connectivity index (χ1n) is 3.42. The van der Waals surface area contributed by atoms with E-state index in [1.165, 1.54) is 0 Å². The molecule has 1 saturated heterocycles. The van der Waals surface area contributed by atoms with Gasteiger partial charge in [-0.25, -0.2) is 0 Å². The minimum absolute atomic E-state index is 0.625. The second kappa shape index (κ2) is 3.46. The van der Waals surface area contributed by atoms with E-state index >= 15 is 0 Å². The number of carbonyl (C=O) groups is 1. The van der Waals surface area contributed by atoms with Crippen LogP contribution in [0.25, 0.3) is 0 Å². The number of carbonyl (C=O) groups excluding carboxylic acids is 1. The first kappa shape index (κ1) is 9.56. The lowest BCUT2D eigenvalue weighted by molar-refractivity contribution is -0.239. The average molecular weight is 178 g/mol. The third kappa shape index (κ3) is 1.47. The zero-order valence-electron chi connectivity index (χ0n) is 6.12. The Morgan fingerprint density at radius 3 is 2.42 bits per heavy atom. The van der Waals surface area contributed by atoms with Crippen molar-refractivity contribution in [1.29, 1.82) is 0 Å². The van der Waals surface area contributed by atoms with Gasteiger partial charge in [-0.05, 0) is 0 Å². The van der Waals surface area contributed by atoms with Crippen molar-refractivity contribution in [3.05, 3.63) is 0 Å². The van der Waals surface area contributed by atoms with E-state index in [-0.39, 0.29) is 0 Å². The van der Waals surface area contributed by atoms with E-state index in [0.29, 0.717) is 0 Å². The number of Topliss-reactive ketones (excluding diaryl/α,β-unsaturated/α-hetero) is 1. The van der Waals surface area contributed by atoms with Gasteiger partial charge in [-0.1, -0.05) is 0 Å². The molecule has 4 atom stereocenters. The molecule has 1 fully saturated rings. The topological polar surface area (TPSA) is 107 Å². The van der Waals surface area contributed by atoms with E-state index in [4.69, 9.17) is 20.4 Å². The second-order valence-electron chi connectivity index (χ2n) is 2.54. The number of ether oxygens (including phenoxy) is 1. The average Bonchev–Trinajstić information content (AvgIpc) is 2.08. The molecule has 0 saturated carbocycles. The van der Waals surface area contributed by atoms with Crippen LogP contribution in [0.1, 0.15) is 0 Å². The predicted octanol–water partition coefficient (Wildman–Crippen LogP) is -3.01. The number of aliphatic hydroxyl groups excluding tert-OH is 4. The lowest BCUT2D eigenvalue weighted by Gasteiger charge is -2.31. The normalized spacial score (nSPS) is 43.2. The van der Waals surface area contributed by atoms with Crippen molar-refractivity contribution >= 4 is 5.78 Å². The Morgan fingerprint density at radius 2 is 1.92 bits per heavy atom. The van der Waals surface area contributed by atoms with Crippen molar-refractivity contribution in [2.45, 2.75) is 24.6 Å². The van der Waals surface area contributed by atoms with Gasteiger partial charge in [0.05, 0.1) is 6.61 Å². The zero-order valence-corrected chi connectivity index (χ0v) is 6.12. The van der Waals surface area contributed by atoms with E-state index in [9.17, 15) is 4.79 Å². The van der Waals surface area contributed by atoms with Crippen LogP contribution in [0.4, 0.5) is 0 Å². The van der Waals surface area contributed by atoms with Gasteiger partial charge in [-0.15, -0.1) is 0 Å². The highest BCUT2D eigenvalue weighted by Gasteiger charge is 2.42. The third-order valence-electron chi connectivity index (χ3n) is 1.69. The Kier molecular flexibility index (Phi) is 2.76. The molecule has 0 radical (unpaired) electrons. The van der Waals surface area contributed by atoms with Crippen LogP contribution >= 0.6 is 0 Å². The minimum atomic E-state index is -1.69. The van der Waals surface area contributed by atoms with E-state index in [1.54, 1.807) is 0 Å². The van der Waals surface area contributed by atoms with Gasteiger partial charge in [0.25, 0.3) is 0 Å². The Balaban J connectivity index is 2.70. The molecule has 6 nitrogen and oxygen atoms in total. The van der Waals surface area contributed by atoms with Crippen molar-refractivity contribution < 1.29 is 30.0 Å². The summed E-state index contributed by atoms with van der Waals surface area (Å²) in [5.41, 5.74) is 0. The minimum Gasteiger partial charge on any atom is -0.393 e. The van der Waals surface area contributed by atoms with Crippen molar-refractivity contribution in [3.63, 3.8) is 0 Å². The molecule has 1 aliphatic rings. The Morgan fingerprint density at radius 1 is 1.33 bits per heavy atom. The maximum atomic E-state index is 10.9. The smallest absolute Gasteiger partial charge is 0.195 e. The summed E-state index contributed by atoms with van der Waals surface area (Å²) in [5, 5.41) is 35.3. The van der Waals surface area contributed by atoms with Crippen LogP contribution in [0, 0.1) is 0 Å². The SMILES string of the molecule is O=C1[C@@H](CO)O[C@@H](O)[C@H](O)[C@H]1O. The largest absolute Gasteiger partial charge is 0.393 e. The van der Waals surface area contributed by atoms with Crippen LogP contribution in [0.15, 0.2) is 0 Å². The van der Waals surface area contributed by atoms with Crippen molar-refractivity contribution in [3.8, 4) is 0 Å². The highest BCUT2D eigenvalue weighted by molar-refractivity contribution is 5.88. The monoisotopic (exact) mass is 178 g/mol. The zero-order chi connectivity index (χ0) is 9.30. The van der Waals surface area contributed by atoms with Crippen molar-refractivity contribution in [2.24, 2.45) is 0 Å². The third-order valence-corrected chi connectivity index (χ3v) is 1.69. The molecule has 1 rings (SSSR count). The molecular weight excluding hydrogens is 168 g/mol. The fourth-order valence-corrected chi connectivity index (χ4v) is 0.964. The van der Waals surface area contributed by atoms with Gasteiger partial charge in [0.1, 0.15) is 18.3 Å². The van der Waals surface area contributed by atoms with Gasteiger partial charge in [0.15, 0.2) is 12.1 Å². The van der Waals surface area contributed by atoms with Crippen LogP contribution in [-0.4, -0.2) is 57.4 Å². The quantitative estimate of drug-likeness (QED) is 0.340. The first-order valence-corrected chi connectivity index (χ1v) is 3.42. The van der Waals surface area contributed by atoms with Crippen LogP contribution < -0.4 is 0 Å². The Labute approximate surface area is 68.0 Å². The standard InChI is InChI=1S/C6H10O6/c7-1-2-3(8)4(9)5(10)6(11)12-2/h2,4-7,9-11H,1H2/t2-,4+,5-,6-/m1/s1. The summed E-state index contributed by atoms with van der Waals surface area (Å²) < 4.78 is 4.48. The summed E-state index contributed by atoms with van der Waals surface area (Å²) in [4.78, 5) is 10.9. The molecule has 0 aliphatic carbocycles. The number of rotatable bonds is 1. The molecule has 6 heteroatoms. The van der Waals surface area contributed by atoms with Gasteiger partial charge in [-0.3, -0.25) is 4.79 Å². The summed E-state index contributed by atoms with van der Waals surface area (Å²) in [7, 11) is 0. The highest BCUT2D eigenvalue weighted by Crippen LogP contribution is 2.15. The van der Waals surface area contributed by atoms with E-state index in [2.05, 4.69) is 4.74 Å². The molecule has 70 valence electrons. The van der Waals surface area contributed by atoms with Gasteiger partial charge >= 0.3 is 0 Å². The summed E-state index contributed by atoms with van der Waals surface area (Å²) in [6.07, 6.45) is -6.21. The highest BCUT2D eigenvalue weighted by atomic mass is 16.6. The summed E-state index contributed by atoms with van der Waals surface area (Å²) >= 11 is 0. The molecule has 0 aromatic rings. The van der Waals surface area contributed by atoms with E-state index in [1.807, 2.05) is 0 Å². The number of hydrogen-bond acceptors (Lipinski definition) is 6. The summed E-state index contributed by atoms with van der Waals surface area (Å²) in [5.74, 6) is -0.824. The number of ketones is 1. The molecule has 0 unspecified atom stereocenters. The lowest BCUT2D eigenvalue weighted by atomic mass is 10.0. The fraction of sp³-hybridized carbons (Fsp3) is 0.833. The maximum Gasteiger partial charge on any atom is 0.195 e.